The molecule has 0 bridgehead atoms. The molecule has 6 heteroatoms. The zero-order valence-electron chi connectivity index (χ0n) is 10.8. The zero-order chi connectivity index (χ0) is 14.8. The van der Waals surface area contributed by atoms with Gasteiger partial charge >= 0.3 is 5.69 Å². The Hall–Kier alpha value is -2.47. The average Bonchev–Trinajstić information content (AvgIpc) is 2.88. The molecule has 0 aliphatic heterocycles. The first-order valence-corrected chi connectivity index (χ1v) is 7.05. The van der Waals surface area contributed by atoms with Gasteiger partial charge in [-0.2, -0.15) is 4.39 Å². The predicted molar refractivity (Wildman–Crippen MR) is 79.2 cm³/mol. The lowest BCUT2D eigenvalue weighted by molar-refractivity contribution is -0.387. The molecule has 0 saturated heterocycles. The van der Waals surface area contributed by atoms with Crippen LogP contribution < -0.4 is 4.74 Å². The van der Waals surface area contributed by atoms with Crippen LogP contribution in [0, 0.1) is 15.9 Å². The van der Waals surface area contributed by atoms with Crippen molar-refractivity contribution in [2.45, 2.75) is 6.61 Å². The molecule has 0 saturated carbocycles. The van der Waals surface area contributed by atoms with E-state index >= 15 is 0 Å². The second-order valence-electron chi connectivity index (χ2n) is 4.42. The summed E-state index contributed by atoms with van der Waals surface area (Å²) in [6.07, 6.45) is 0. The van der Waals surface area contributed by atoms with E-state index in [1.165, 1.54) is 6.07 Å². The molecule has 0 N–H and O–H groups in total. The summed E-state index contributed by atoms with van der Waals surface area (Å²) in [5.74, 6) is -0.624. The number of fused-ring (bicyclic) bond motifs is 1. The van der Waals surface area contributed by atoms with Gasteiger partial charge in [-0.15, -0.1) is 11.3 Å². The van der Waals surface area contributed by atoms with Crippen molar-refractivity contribution in [2.75, 3.05) is 0 Å². The van der Waals surface area contributed by atoms with E-state index < -0.39 is 16.4 Å². The highest BCUT2D eigenvalue weighted by Crippen LogP contribution is 2.28. The molecule has 3 rings (SSSR count). The molecule has 106 valence electrons. The van der Waals surface area contributed by atoms with Crippen molar-refractivity contribution in [3.05, 3.63) is 69.3 Å². The lowest BCUT2D eigenvalue weighted by atomic mass is 10.2. The molecule has 0 aliphatic rings. The molecule has 0 atom stereocenters. The van der Waals surface area contributed by atoms with Crippen molar-refractivity contribution in [1.82, 2.24) is 0 Å². The van der Waals surface area contributed by atoms with E-state index in [0.717, 1.165) is 27.8 Å². The topological polar surface area (TPSA) is 52.4 Å². The Morgan fingerprint density at radius 2 is 2.05 bits per heavy atom. The highest BCUT2D eigenvalue weighted by molar-refractivity contribution is 7.17. The van der Waals surface area contributed by atoms with E-state index in [0.29, 0.717) is 6.61 Å². The van der Waals surface area contributed by atoms with Crippen LogP contribution in [0.25, 0.3) is 10.1 Å². The minimum Gasteiger partial charge on any atom is -0.489 e. The van der Waals surface area contributed by atoms with Crippen LogP contribution in [-0.2, 0) is 6.61 Å². The monoisotopic (exact) mass is 303 g/mol. The molecule has 2 aromatic carbocycles. The maximum absolute atomic E-state index is 13.5. The Balaban J connectivity index is 1.79. The maximum atomic E-state index is 13.5. The third-order valence-electron chi connectivity index (χ3n) is 3.07. The van der Waals surface area contributed by atoms with Crippen molar-refractivity contribution >= 4 is 27.1 Å². The first-order chi connectivity index (χ1) is 10.1. The van der Waals surface area contributed by atoms with Crippen LogP contribution in [0.15, 0.2) is 47.8 Å². The van der Waals surface area contributed by atoms with Crippen LogP contribution in [0.2, 0.25) is 0 Å². The van der Waals surface area contributed by atoms with Gasteiger partial charge < -0.3 is 4.74 Å². The highest BCUT2D eigenvalue weighted by atomic mass is 32.1. The van der Waals surface area contributed by atoms with Crippen molar-refractivity contribution in [3.8, 4) is 5.75 Å². The number of hydrogen-bond acceptors (Lipinski definition) is 4. The second-order valence-corrected chi connectivity index (χ2v) is 5.33. The quantitative estimate of drug-likeness (QED) is 0.525. The Bertz CT molecular complexity index is 816. The lowest BCUT2D eigenvalue weighted by Gasteiger charge is -2.05. The summed E-state index contributed by atoms with van der Waals surface area (Å²) < 4.78 is 20.2. The minimum atomic E-state index is -0.896. The summed E-state index contributed by atoms with van der Waals surface area (Å²) in [6.45, 7) is 0.293. The van der Waals surface area contributed by atoms with Gasteiger partial charge in [-0.05, 0) is 22.9 Å². The van der Waals surface area contributed by atoms with E-state index in [2.05, 4.69) is 0 Å². The average molecular weight is 303 g/mol. The summed E-state index contributed by atoms with van der Waals surface area (Å²) in [5.41, 5.74) is 0.456. The number of rotatable bonds is 4. The van der Waals surface area contributed by atoms with Gasteiger partial charge in [-0.1, -0.05) is 18.2 Å². The maximum Gasteiger partial charge on any atom is 0.305 e. The fraction of sp³-hybridized carbons (Fsp3) is 0.0667. The predicted octanol–water partition coefficient (Wildman–Crippen LogP) is 4.53. The number of nitro groups is 1. The fourth-order valence-corrected chi connectivity index (χ4v) is 2.98. The SMILES string of the molecule is O=[N+]([O-])c1ccc(OCc2csc3ccccc23)cc1F. The molecule has 0 aliphatic carbocycles. The van der Waals surface area contributed by atoms with Crippen LogP contribution in [0.5, 0.6) is 5.75 Å². The summed E-state index contributed by atoms with van der Waals surface area (Å²) in [4.78, 5) is 9.79. The molecule has 3 aromatic rings. The Kier molecular flexibility index (Phi) is 3.53. The minimum absolute atomic E-state index is 0.272. The highest BCUT2D eigenvalue weighted by Gasteiger charge is 2.14. The normalized spacial score (nSPS) is 10.7. The van der Waals surface area contributed by atoms with Gasteiger partial charge in [-0.25, -0.2) is 0 Å². The summed E-state index contributed by atoms with van der Waals surface area (Å²) in [7, 11) is 0. The summed E-state index contributed by atoms with van der Waals surface area (Å²) in [6, 6.07) is 11.5. The number of nitro benzene ring substituents is 1. The second kappa shape index (κ2) is 5.49. The van der Waals surface area contributed by atoms with Crippen molar-refractivity contribution in [2.24, 2.45) is 0 Å². The van der Waals surface area contributed by atoms with Crippen LogP contribution in [0.3, 0.4) is 0 Å². The van der Waals surface area contributed by atoms with E-state index in [1.54, 1.807) is 11.3 Å². The fourth-order valence-electron chi connectivity index (χ4n) is 2.03. The Labute approximate surface area is 123 Å². The number of hydrogen-bond donors (Lipinski definition) is 0. The van der Waals surface area contributed by atoms with E-state index in [-0.39, 0.29) is 5.75 Å². The molecule has 4 nitrogen and oxygen atoms in total. The third-order valence-corrected chi connectivity index (χ3v) is 4.08. The van der Waals surface area contributed by atoms with Gasteiger partial charge in [0.1, 0.15) is 12.4 Å². The van der Waals surface area contributed by atoms with Crippen molar-refractivity contribution in [3.63, 3.8) is 0 Å². The van der Waals surface area contributed by atoms with Crippen LogP contribution in [0.4, 0.5) is 10.1 Å². The molecule has 1 aromatic heterocycles. The summed E-state index contributed by atoms with van der Waals surface area (Å²) in [5, 5.41) is 13.6. The smallest absolute Gasteiger partial charge is 0.305 e. The number of thiophene rings is 1. The number of nitrogens with zero attached hydrogens (tertiary/aromatic N) is 1. The van der Waals surface area contributed by atoms with Crippen LogP contribution >= 0.6 is 11.3 Å². The van der Waals surface area contributed by atoms with E-state index in [4.69, 9.17) is 4.74 Å². The molecular weight excluding hydrogens is 293 g/mol. The molecule has 0 spiro atoms. The molecule has 0 amide bonds. The standard InChI is InChI=1S/C15H10FNO3S/c16-13-7-11(5-6-14(13)17(18)19)20-8-10-9-21-15-4-2-1-3-12(10)15/h1-7,9H,8H2. The first kappa shape index (κ1) is 13.5. The van der Waals surface area contributed by atoms with Gasteiger partial charge in [-0.3, -0.25) is 10.1 Å². The van der Waals surface area contributed by atoms with Gasteiger partial charge in [0, 0.05) is 22.4 Å². The van der Waals surface area contributed by atoms with Crippen LogP contribution in [0.1, 0.15) is 5.56 Å². The summed E-state index contributed by atoms with van der Waals surface area (Å²) >= 11 is 1.62. The molecule has 0 radical (unpaired) electrons. The Morgan fingerprint density at radius 3 is 2.81 bits per heavy atom. The van der Waals surface area contributed by atoms with Gasteiger partial charge in [0.15, 0.2) is 0 Å². The molecule has 21 heavy (non-hydrogen) atoms. The van der Waals surface area contributed by atoms with E-state index in [1.807, 2.05) is 29.6 Å². The number of benzene rings is 2. The van der Waals surface area contributed by atoms with Gasteiger partial charge in [0.25, 0.3) is 0 Å². The number of ether oxygens (including phenoxy) is 1. The lowest BCUT2D eigenvalue weighted by Crippen LogP contribution is -1.97. The number of halogens is 1. The molecule has 0 unspecified atom stereocenters. The van der Waals surface area contributed by atoms with Crippen LogP contribution in [-0.4, -0.2) is 4.92 Å². The molecule has 1 heterocycles. The zero-order valence-corrected chi connectivity index (χ0v) is 11.6. The van der Waals surface area contributed by atoms with Gasteiger partial charge in [0.05, 0.1) is 4.92 Å². The third kappa shape index (κ3) is 2.71. The first-order valence-electron chi connectivity index (χ1n) is 6.17. The molecule has 0 fully saturated rings. The van der Waals surface area contributed by atoms with Crippen molar-refractivity contribution < 1.29 is 14.1 Å². The van der Waals surface area contributed by atoms with E-state index in [9.17, 15) is 14.5 Å². The van der Waals surface area contributed by atoms with Gasteiger partial charge in [0.2, 0.25) is 5.82 Å². The largest absolute Gasteiger partial charge is 0.489 e. The van der Waals surface area contributed by atoms with Crippen molar-refractivity contribution in [1.29, 1.82) is 0 Å². The molecular formula is C15H10FNO3S. The Morgan fingerprint density at radius 1 is 1.24 bits per heavy atom.